The number of thioether (sulfide) groups is 1. The highest BCUT2D eigenvalue weighted by atomic mass is 32.2. The summed E-state index contributed by atoms with van der Waals surface area (Å²) in [6.45, 7) is 9.47. The van der Waals surface area contributed by atoms with Crippen LogP contribution in [-0.4, -0.2) is 33.5 Å². The fourth-order valence-electron chi connectivity index (χ4n) is 5.05. The highest BCUT2D eigenvalue weighted by Crippen LogP contribution is 2.44. The minimum atomic E-state index is -0.0260. The lowest BCUT2D eigenvalue weighted by Crippen LogP contribution is -2.45. The van der Waals surface area contributed by atoms with E-state index < -0.39 is 0 Å². The second-order valence-corrected chi connectivity index (χ2v) is 11.3. The molecule has 5 rings (SSSR count). The third kappa shape index (κ3) is 4.70. The fourth-order valence-corrected chi connectivity index (χ4v) is 6.04. The molecule has 184 valence electrons. The lowest BCUT2D eigenvalue weighted by Gasteiger charge is -2.45. The van der Waals surface area contributed by atoms with E-state index in [1.807, 2.05) is 48.5 Å². The molecular formula is C30H32N4OS. The molecule has 6 heteroatoms. The van der Waals surface area contributed by atoms with Crippen molar-refractivity contribution in [3.63, 3.8) is 0 Å². The van der Waals surface area contributed by atoms with Crippen LogP contribution in [-0.2, 0) is 11.3 Å². The standard InChI is InChI=1S/C30H32N4OS/c1-20-14-26-25(21(2)17-30(3,4)33(26)5)15-23(20)16-27-28(35)34(19-22-10-9-13-31-18-22)29(36-27)32-24-11-7-6-8-12-24/h6-16,18,21H,17,19H2,1-5H3/b27-16+,32-29?. The van der Waals surface area contributed by atoms with Gasteiger partial charge >= 0.3 is 0 Å². The number of amidine groups is 1. The number of carbonyl (C=O) groups is 1. The molecule has 0 radical (unpaired) electrons. The van der Waals surface area contributed by atoms with Crippen LogP contribution in [0.2, 0.25) is 0 Å². The van der Waals surface area contributed by atoms with Gasteiger partial charge in [-0.3, -0.25) is 14.7 Å². The number of aliphatic imine (C=N–C) groups is 1. The number of anilines is 1. The number of hydrogen-bond acceptors (Lipinski definition) is 5. The van der Waals surface area contributed by atoms with E-state index in [9.17, 15) is 4.79 Å². The van der Waals surface area contributed by atoms with Crippen molar-refractivity contribution in [3.05, 3.63) is 94.1 Å². The Morgan fingerprint density at radius 3 is 2.67 bits per heavy atom. The number of rotatable bonds is 4. The van der Waals surface area contributed by atoms with E-state index in [0.29, 0.717) is 22.5 Å². The van der Waals surface area contributed by atoms with Gasteiger partial charge in [0.25, 0.3) is 5.91 Å². The minimum absolute atomic E-state index is 0.0260. The van der Waals surface area contributed by atoms with Gasteiger partial charge in [-0.05, 0) is 104 Å². The molecule has 0 bridgehead atoms. The zero-order valence-corrected chi connectivity index (χ0v) is 22.3. The molecule has 0 N–H and O–H groups in total. The predicted molar refractivity (Wildman–Crippen MR) is 151 cm³/mol. The van der Waals surface area contributed by atoms with Gasteiger partial charge in [0.2, 0.25) is 0 Å². The number of aromatic nitrogens is 1. The van der Waals surface area contributed by atoms with Gasteiger partial charge in [-0.2, -0.15) is 0 Å². The van der Waals surface area contributed by atoms with Crippen LogP contribution in [0.15, 0.2) is 76.9 Å². The Bertz CT molecular complexity index is 1350. The number of amides is 1. The Morgan fingerprint density at radius 2 is 1.94 bits per heavy atom. The summed E-state index contributed by atoms with van der Waals surface area (Å²) in [4.78, 5) is 27.5. The van der Waals surface area contributed by atoms with Crippen LogP contribution in [0, 0.1) is 6.92 Å². The van der Waals surface area contributed by atoms with Gasteiger partial charge in [0, 0.05) is 30.7 Å². The predicted octanol–water partition coefficient (Wildman–Crippen LogP) is 6.92. The molecule has 36 heavy (non-hydrogen) atoms. The van der Waals surface area contributed by atoms with Crippen LogP contribution in [0.3, 0.4) is 0 Å². The fraction of sp³-hybridized carbons (Fsp3) is 0.300. The maximum Gasteiger partial charge on any atom is 0.267 e. The quantitative estimate of drug-likeness (QED) is 0.368. The van der Waals surface area contributed by atoms with E-state index in [1.165, 1.54) is 28.6 Å². The van der Waals surface area contributed by atoms with Crippen LogP contribution in [0.1, 0.15) is 55.4 Å². The van der Waals surface area contributed by atoms with Crippen molar-refractivity contribution in [2.45, 2.75) is 52.1 Å². The summed E-state index contributed by atoms with van der Waals surface area (Å²) in [5, 5.41) is 0.687. The molecule has 1 saturated heterocycles. The number of fused-ring (bicyclic) bond motifs is 1. The number of benzene rings is 2. The second kappa shape index (κ2) is 9.58. The van der Waals surface area contributed by atoms with Gasteiger partial charge in [-0.25, -0.2) is 4.99 Å². The van der Waals surface area contributed by atoms with E-state index in [0.717, 1.165) is 23.2 Å². The van der Waals surface area contributed by atoms with Crippen LogP contribution in [0.4, 0.5) is 11.4 Å². The summed E-state index contributed by atoms with van der Waals surface area (Å²) in [6.07, 6.45) is 6.68. The van der Waals surface area contributed by atoms with Crippen molar-refractivity contribution in [1.82, 2.24) is 9.88 Å². The van der Waals surface area contributed by atoms with Crippen molar-refractivity contribution in [3.8, 4) is 0 Å². The van der Waals surface area contributed by atoms with Crippen molar-refractivity contribution in [1.29, 1.82) is 0 Å². The van der Waals surface area contributed by atoms with Crippen LogP contribution in [0.25, 0.3) is 6.08 Å². The van der Waals surface area contributed by atoms with Crippen molar-refractivity contribution >= 4 is 40.3 Å². The summed E-state index contributed by atoms with van der Waals surface area (Å²) < 4.78 is 0. The zero-order chi connectivity index (χ0) is 25.4. The van der Waals surface area contributed by atoms with E-state index in [2.05, 4.69) is 56.8 Å². The van der Waals surface area contributed by atoms with E-state index in [4.69, 9.17) is 4.99 Å². The van der Waals surface area contributed by atoms with E-state index >= 15 is 0 Å². The average molecular weight is 497 g/mol. The van der Waals surface area contributed by atoms with Crippen LogP contribution in [0.5, 0.6) is 0 Å². The zero-order valence-electron chi connectivity index (χ0n) is 21.5. The molecule has 2 aliphatic rings. The van der Waals surface area contributed by atoms with E-state index in [1.54, 1.807) is 17.3 Å². The maximum atomic E-state index is 13.6. The normalized spacial score (nSPS) is 21.4. The largest absolute Gasteiger partial charge is 0.369 e. The molecule has 0 spiro atoms. The summed E-state index contributed by atoms with van der Waals surface area (Å²) >= 11 is 1.44. The Labute approximate surface area is 218 Å². The Hall–Kier alpha value is -3.38. The van der Waals surface area contributed by atoms with E-state index in [-0.39, 0.29) is 11.4 Å². The first-order chi connectivity index (χ1) is 17.2. The van der Waals surface area contributed by atoms with Crippen molar-refractivity contribution < 1.29 is 4.79 Å². The van der Waals surface area contributed by atoms with Crippen LogP contribution < -0.4 is 4.90 Å². The highest BCUT2D eigenvalue weighted by Gasteiger charge is 2.36. The van der Waals surface area contributed by atoms with Crippen LogP contribution >= 0.6 is 11.8 Å². The first-order valence-electron chi connectivity index (χ1n) is 12.4. The third-order valence-electron chi connectivity index (χ3n) is 7.24. The molecule has 1 atom stereocenters. The monoisotopic (exact) mass is 496 g/mol. The number of aryl methyl sites for hydroxylation is 1. The van der Waals surface area contributed by atoms with Gasteiger partial charge in [0.1, 0.15) is 0 Å². The minimum Gasteiger partial charge on any atom is -0.369 e. The first-order valence-corrected chi connectivity index (χ1v) is 13.2. The molecule has 1 unspecified atom stereocenters. The SMILES string of the molecule is Cc1cc2c(cc1/C=C1/SC(=Nc3ccccc3)N(Cc3cccnc3)C1=O)C(C)CC(C)(C)N2C. The number of para-hydroxylation sites is 1. The Balaban J connectivity index is 1.53. The lowest BCUT2D eigenvalue weighted by molar-refractivity contribution is -0.122. The number of pyridine rings is 1. The molecule has 5 nitrogen and oxygen atoms in total. The molecule has 2 aromatic carbocycles. The molecule has 2 aliphatic heterocycles. The molecule has 1 aromatic heterocycles. The summed E-state index contributed by atoms with van der Waals surface area (Å²) in [5.41, 5.74) is 6.80. The summed E-state index contributed by atoms with van der Waals surface area (Å²) in [5.74, 6) is 0.426. The molecular weight excluding hydrogens is 464 g/mol. The smallest absolute Gasteiger partial charge is 0.267 e. The number of nitrogens with zero attached hydrogens (tertiary/aromatic N) is 4. The molecule has 1 fully saturated rings. The van der Waals surface area contributed by atoms with Gasteiger partial charge in [0.15, 0.2) is 5.17 Å². The summed E-state index contributed by atoms with van der Waals surface area (Å²) in [6, 6.07) is 18.2. The van der Waals surface area contributed by atoms with Crippen molar-refractivity contribution in [2.75, 3.05) is 11.9 Å². The molecule has 3 heterocycles. The Morgan fingerprint density at radius 1 is 1.17 bits per heavy atom. The first kappa shape index (κ1) is 24.3. The summed E-state index contributed by atoms with van der Waals surface area (Å²) in [7, 11) is 2.18. The third-order valence-corrected chi connectivity index (χ3v) is 8.25. The van der Waals surface area contributed by atoms with Gasteiger partial charge in [-0.15, -0.1) is 0 Å². The van der Waals surface area contributed by atoms with Gasteiger partial charge in [0.05, 0.1) is 17.1 Å². The number of hydrogen-bond donors (Lipinski definition) is 0. The molecule has 0 saturated carbocycles. The topological polar surface area (TPSA) is 48.8 Å². The van der Waals surface area contributed by atoms with Crippen molar-refractivity contribution in [2.24, 2.45) is 4.99 Å². The average Bonchev–Trinajstić information content (AvgIpc) is 3.13. The highest BCUT2D eigenvalue weighted by molar-refractivity contribution is 8.18. The molecule has 1 amide bonds. The molecule has 0 aliphatic carbocycles. The van der Waals surface area contributed by atoms with Gasteiger partial charge in [-0.1, -0.05) is 31.2 Å². The van der Waals surface area contributed by atoms with Gasteiger partial charge < -0.3 is 4.90 Å². The maximum absolute atomic E-state index is 13.6. The second-order valence-electron chi connectivity index (χ2n) is 10.3. The lowest BCUT2D eigenvalue weighted by atomic mass is 9.79. The number of carbonyl (C=O) groups excluding carboxylic acids is 1. The molecule has 3 aromatic rings. The Kier molecular flexibility index (Phi) is 6.47.